The smallest absolute Gasteiger partial charge is 0.311 e. The first-order valence-electron chi connectivity index (χ1n) is 11.8. The fraction of sp³-hybridized carbons (Fsp3) is 0.760. The summed E-state index contributed by atoms with van der Waals surface area (Å²) in [5.74, 6) is -0.564. The van der Waals surface area contributed by atoms with E-state index in [0.29, 0.717) is 32.1 Å². The van der Waals surface area contributed by atoms with Crippen LogP contribution in [0.4, 0.5) is 0 Å². The van der Waals surface area contributed by atoms with Gasteiger partial charge in [0, 0.05) is 18.8 Å². The van der Waals surface area contributed by atoms with E-state index in [2.05, 4.69) is 6.08 Å². The molecule has 7 unspecified atom stereocenters. The average molecular weight is 451 g/mol. The molecule has 32 heavy (non-hydrogen) atoms. The van der Waals surface area contributed by atoms with Crippen LogP contribution in [0.2, 0.25) is 0 Å². The van der Waals surface area contributed by atoms with Crippen LogP contribution in [-0.2, 0) is 24.0 Å². The molecule has 2 N–H and O–H groups in total. The highest BCUT2D eigenvalue weighted by Gasteiger charge is 2.46. The number of rotatable bonds is 7. The van der Waals surface area contributed by atoms with E-state index in [1.807, 2.05) is 40.7 Å². The third-order valence-electron chi connectivity index (χ3n) is 7.61. The van der Waals surface area contributed by atoms with Crippen LogP contribution in [-0.4, -0.2) is 46.7 Å². The lowest BCUT2D eigenvalue weighted by Gasteiger charge is -2.45. The van der Waals surface area contributed by atoms with Gasteiger partial charge in [0.1, 0.15) is 18.3 Å². The molecule has 1 saturated heterocycles. The van der Waals surface area contributed by atoms with Gasteiger partial charge in [-0.2, -0.15) is 0 Å². The average Bonchev–Trinajstić information content (AvgIpc) is 2.72. The van der Waals surface area contributed by atoms with Crippen molar-refractivity contribution in [2.45, 2.75) is 97.6 Å². The van der Waals surface area contributed by atoms with Gasteiger partial charge in [-0.15, -0.1) is 0 Å². The fourth-order valence-corrected chi connectivity index (χ4v) is 5.23. The summed E-state index contributed by atoms with van der Waals surface area (Å²) in [5.41, 5.74) is 1.58. The Hall–Kier alpha value is -1.70. The molecular formula is C25H38O7. The van der Waals surface area contributed by atoms with Crippen molar-refractivity contribution in [1.29, 1.82) is 0 Å². The van der Waals surface area contributed by atoms with Crippen molar-refractivity contribution in [3.8, 4) is 0 Å². The van der Waals surface area contributed by atoms with E-state index in [9.17, 15) is 20.0 Å². The van der Waals surface area contributed by atoms with Gasteiger partial charge in [0.15, 0.2) is 0 Å². The Labute approximate surface area is 190 Å². The summed E-state index contributed by atoms with van der Waals surface area (Å²) in [6.45, 7) is 9.83. The van der Waals surface area contributed by atoms with Gasteiger partial charge in [-0.25, -0.2) is 4.89 Å². The van der Waals surface area contributed by atoms with Gasteiger partial charge in [0.05, 0.1) is 17.9 Å². The lowest BCUT2D eigenvalue weighted by molar-refractivity contribution is -0.282. The number of ether oxygens (including phenoxy) is 2. The molecule has 1 heterocycles. The van der Waals surface area contributed by atoms with Crippen LogP contribution in [0, 0.1) is 23.2 Å². The molecule has 7 heteroatoms. The van der Waals surface area contributed by atoms with Crippen LogP contribution < -0.4 is 0 Å². The van der Waals surface area contributed by atoms with E-state index >= 15 is 0 Å². The topological polar surface area (TPSA) is 102 Å². The summed E-state index contributed by atoms with van der Waals surface area (Å²) in [5, 5.41) is 19.5. The van der Waals surface area contributed by atoms with E-state index in [1.165, 1.54) is 0 Å². The Bertz CT molecular complexity index is 768. The molecular weight excluding hydrogens is 412 g/mol. The van der Waals surface area contributed by atoms with Gasteiger partial charge in [-0.3, -0.25) is 14.8 Å². The first-order chi connectivity index (χ1) is 15.1. The highest BCUT2D eigenvalue weighted by atomic mass is 17.1. The van der Waals surface area contributed by atoms with E-state index < -0.39 is 17.6 Å². The van der Waals surface area contributed by atoms with Crippen LogP contribution in [0.3, 0.4) is 0 Å². The molecule has 1 fully saturated rings. The normalized spacial score (nSPS) is 35.3. The number of aliphatic hydroxyl groups excluding tert-OH is 1. The van der Waals surface area contributed by atoms with E-state index in [4.69, 9.17) is 14.4 Å². The van der Waals surface area contributed by atoms with Gasteiger partial charge in [-0.05, 0) is 63.5 Å². The molecule has 0 radical (unpaired) electrons. The van der Waals surface area contributed by atoms with Gasteiger partial charge >= 0.3 is 11.9 Å². The molecule has 0 amide bonds. The Morgan fingerprint density at radius 1 is 1.28 bits per heavy atom. The van der Waals surface area contributed by atoms with Crippen molar-refractivity contribution in [2.75, 3.05) is 0 Å². The lowest BCUT2D eigenvalue weighted by atomic mass is 9.64. The zero-order valence-corrected chi connectivity index (χ0v) is 19.9. The van der Waals surface area contributed by atoms with Gasteiger partial charge in [-0.1, -0.05) is 25.5 Å². The Morgan fingerprint density at radius 2 is 2.00 bits per heavy atom. The molecule has 0 bridgehead atoms. The van der Waals surface area contributed by atoms with Crippen molar-refractivity contribution in [2.24, 2.45) is 23.2 Å². The second kappa shape index (κ2) is 10.1. The summed E-state index contributed by atoms with van der Waals surface area (Å²) in [6, 6.07) is 0. The number of hydrogen-bond acceptors (Lipinski definition) is 7. The quantitative estimate of drug-likeness (QED) is 0.340. The Balaban J connectivity index is 1.84. The predicted octanol–water partition coefficient (Wildman–Crippen LogP) is 4.20. The monoisotopic (exact) mass is 450 g/mol. The second-order valence-electron chi connectivity index (χ2n) is 10.4. The highest BCUT2D eigenvalue weighted by Crippen LogP contribution is 2.47. The van der Waals surface area contributed by atoms with Crippen molar-refractivity contribution in [1.82, 2.24) is 0 Å². The van der Waals surface area contributed by atoms with E-state index in [-0.39, 0.29) is 48.3 Å². The minimum atomic E-state index is -0.667. The molecule has 3 aliphatic rings. The molecule has 3 rings (SSSR count). The molecule has 0 aromatic rings. The van der Waals surface area contributed by atoms with E-state index in [0.717, 1.165) is 11.1 Å². The first kappa shape index (κ1) is 24.9. The maximum Gasteiger partial charge on any atom is 0.311 e. The molecule has 0 aromatic heterocycles. The Kier molecular flexibility index (Phi) is 7.84. The van der Waals surface area contributed by atoms with E-state index in [1.54, 1.807) is 0 Å². The van der Waals surface area contributed by atoms with Gasteiger partial charge < -0.3 is 14.6 Å². The van der Waals surface area contributed by atoms with Gasteiger partial charge in [0.2, 0.25) is 0 Å². The number of aliphatic hydroxyl groups is 1. The number of hydrogen-bond donors (Lipinski definition) is 2. The minimum absolute atomic E-state index is 0.0230. The summed E-state index contributed by atoms with van der Waals surface area (Å²) >= 11 is 0. The summed E-state index contributed by atoms with van der Waals surface area (Å²) < 4.78 is 11.6. The molecule has 7 nitrogen and oxygen atoms in total. The highest BCUT2D eigenvalue weighted by molar-refractivity contribution is 5.76. The van der Waals surface area contributed by atoms with Crippen LogP contribution in [0.15, 0.2) is 23.3 Å². The number of fused-ring (bicyclic) bond motifs is 1. The summed E-state index contributed by atoms with van der Waals surface area (Å²) in [6.07, 6.45) is 5.42. The fourth-order valence-electron chi connectivity index (χ4n) is 5.23. The zero-order valence-electron chi connectivity index (χ0n) is 19.9. The molecule has 0 aromatic carbocycles. The van der Waals surface area contributed by atoms with Crippen molar-refractivity contribution in [3.05, 3.63) is 23.3 Å². The number of carbonyl (C=O) groups excluding carboxylic acids is 2. The minimum Gasteiger partial charge on any atom is -0.462 e. The van der Waals surface area contributed by atoms with Crippen LogP contribution in [0.25, 0.3) is 0 Å². The third kappa shape index (κ3) is 5.43. The maximum atomic E-state index is 12.9. The maximum absolute atomic E-state index is 12.9. The van der Waals surface area contributed by atoms with Gasteiger partial charge in [0.25, 0.3) is 0 Å². The number of esters is 2. The third-order valence-corrected chi connectivity index (χ3v) is 7.61. The molecule has 1 aliphatic heterocycles. The predicted molar refractivity (Wildman–Crippen MR) is 118 cm³/mol. The molecule has 0 spiro atoms. The standard InChI is InChI=1S/C25H38O7/c1-6-25(4,5)24(28)31-21-10-14(2)9-16-11-20(32-29)15(3)19(23(16)21)8-7-18-12-17(26)13-22(27)30-18/h9,11,15,17-21,23,26,29H,6-8,10,12-13H2,1-5H3. The van der Waals surface area contributed by atoms with Crippen LogP contribution in [0.5, 0.6) is 0 Å². The zero-order chi connectivity index (χ0) is 23.6. The summed E-state index contributed by atoms with van der Waals surface area (Å²) in [7, 11) is 0. The largest absolute Gasteiger partial charge is 0.462 e. The molecule has 7 atom stereocenters. The molecule has 180 valence electrons. The molecule has 2 aliphatic carbocycles. The number of cyclic esters (lactones) is 1. The first-order valence-corrected chi connectivity index (χ1v) is 11.8. The number of allylic oxidation sites excluding steroid dienone is 1. The van der Waals surface area contributed by atoms with Crippen molar-refractivity contribution < 1.29 is 34.3 Å². The number of carbonyl (C=O) groups is 2. The molecule has 0 saturated carbocycles. The Morgan fingerprint density at radius 3 is 2.62 bits per heavy atom. The van der Waals surface area contributed by atoms with Crippen molar-refractivity contribution >= 4 is 11.9 Å². The second-order valence-corrected chi connectivity index (χ2v) is 10.4. The van der Waals surface area contributed by atoms with Crippen molar-refractivity contribution in [3.63, 3.8) is 0 Å². The SMILES string of the molecule is CCC(C)(C)C(=O)OC1CC(C)=CC2=CC(OO)C(C)C(CCC3CC(O)CC(=O)O3)C21. The summed E-state index contributed by atoms with van der Waals surface area (Å²) in [4.78, 5) is 29.5. The van der Waals surface area contributed by atoms with Crippen LogP contribution >= 0.6 is 0 Å². The lowest BCUT2D eigenvalue weighted by Crippen LogP contribution is -2.46. The van der Waals surface area contributed by atoms with Crippen LogP contribution in [0.1, 0.15) is 73.1 Å².